The lowest BCUT2D eigenvalue weighted by molar-refractivity contribution is 0.0668. The monoisotopic (exact) mass is 527 g/mol. The van der Waals surface area contributed by atoms with E-state index in [0.29, 0.717) is 24.2 Å². The van der Waals surface area contributed by atoms with Crippen LogP contribution in [0.4, 0.5) is 17.6 Å². The minimum absolute atomic E-state index is 0.145. The molecule has 4 aromatic rings. The Balaban J connectivity index is 1.30. The van der Waals surface area contributed by atoms with Crippen molar-refractivity contribution in [1.29, 1.82) is 0 Å². The molecular formula is C28H25F4N3OS. The molecule has 1 N–H and O–H groups in total. The van der Waals surface area contributed by atoms with E-state index in [1.807, 2.05) is 36.4 Å². The van der Waals surface area contributed by atoms with Gasteiger partial charge in [0.05, 0.1) is 18.4 Å². The summed E-state index contributed by atoms with van der Waals surface area (Å²) < 4.78 is 61.4. The van der Waals surface area contributed by atoms with Gasteiger partial charge in [-0.3, -0.25) is 14.4 Å². The van der Waals surface area contributed by atoms with Gasteiger partial charge in [0, 0.05) is 59.5 Å². The largest absolute Gasteiger partial charge is 0.492 e. The van der Waals surface area contributed by atoms with Gasteiger partial charge in [-0.2, -0.15) is 5.10 Å². The second kappa shape index (κ2) is 10.0. The van der Waals surface area contributed by atoms with Gasteiger partial charge >= 0.3 is 0 Å². The number of nitrogens with one attached hydrogen (secondary N) is 1. The maximum Gasteiger partial charge on any atom is 0.161 e. The minimum atomic E-state index is -1.19. The van der Waals surface area contributed by atoms with E-state index in [9.17, 15) is 17.6 Å². The van der Waals surface area contributed by atoms with E-state index >= 15 is 0 Å². The molecule has 2 atom stereocenters. The van der Waals surface area contributed by atoms with E-state index in [4.69, 9.17) is 4.74 Å². The minimum Gasteiger partial charge on any atom is -0.492 e. The lowest BCUT2D eigenvalue weighted by Gasteiger charge is -2.37. The van der Waals surface area contributed by atoms with Crippen LogP contribution in [0.1, 0.15) is 28.5 Å². The van der Waals surface area contributed by atoms with E-state index in [-0.39, 0.29) is 24.1 Å². The Morgan fingerprint density at radius 2 is 1.76 bits per heavy atom. The average molecular weight is 528 g/mol. The van der Waals surface area contributed by atoms with Crippen LogP contribution in [0.25, 0.3) is 10.9 Å². The molecule has 3 aromatic carbocycles. The molecule has 4 nitrogen and oxygen atoms in total. The summed E-state index contributed by atoms with van der Waals surface area (Å²) in [6.45, 7) is 2.50. The molecule has 1 aromatic heterocycles. The van der Waals surface area contributed by atoms with Crippen molar-refractivity contribution in [3.05, 3.63) is 88.9 Å². The summed E-state index contributed by atoms with van der Waals surface area (Å²) in [4.78, 5) is 3.21. The normalized spacial score (nSPS) is 20.1. The Morgan fingerprint density at radius 1 is 0.973 bits per heavy atom. The van der Waals surface area contributed by atoms with Gasteiger partial charge in [0.2, 0.25) is 0 Å². The zero-order valence-electron chi connectivity index (χ0n) is 19.9. The number of aromatic amines is 1. The molecule has 6 rings (SSSR count). The number of fused-ring (bicyclic) bond motifs is 3. The highest BCUT2D eigenvalue weighted by Crippen LogP contribution is 2.51. The number of rotatable bonds is 7. The van der Waals surface area contributed by atoms with Crippen LogP contribution in [-0.4, -0.2) is 53.8 Å². The number of halogens is 4. The van der Waals surface area contributed by atoms with Crippen molar-refractivity contribution in [3.8, 4) is 5.75 Å². The highest BCUT2D eigenvalue weighted by atomic mass is 32.2. The molecule has 2 aliphatic rings. The molecule has 9 heteroatoms. The van der Waals surface area contributed by atoms with Crippen molar-refractivity contribution in [2.24, 2.45) is 5.92 Å². The maximum atomic E-state index is 15.0. The number of hydrogen-bond acceptors (Lipinski definition) is 4. The first-order valence-electron chi connectivity index (χ1n) is 12.3. The van der Waals surface area contributed by atoms with Crippen LogP contribution in [0.2, 0.25) is 0 Å². The van der Waals surface area contributed by atoms with Gasteiger partial charge in [0.25, 0.3) is 0 Å². The Bertz CT molecular complexity index is 1420. The quantitative estimate of drug-likeness (QED) is 0.227. The lowest BCUT2D eigenvalue weighted by atomic mass is 9.77. The second-order valence-corrected chi connectivity index (χ2v) is 10.7. The van der Waals surface area contributed by atoms with Gasteiger partial charge in [-0.25, -0.2) is 13.2 Å². The molecule has 192 valence electrons. The predicted octanol–water partition coefficient (Wildman–Crippen LogP) is 6.28. The zero-order chi connectivity index (χ0) is 25.5. The SMILES string of the molecule is FCC1CN(CCOc2ccc([C@H]3c4ccc5[nH]ncc5c4SC[C@H]3c3cc(F)c(F)cc3F)cc2)C1. The Kier molecular flexibility index (Phi) is 6.58. The van der Waals surface area contributed by atoms with Crippen molar-refractivity contribution in [3.63, 3.8) is 0 Å². The van der Waals surface area contributed by atoms with Crippen LogP contribution in [0, 0.1) is 23.4 Å². The Hall–Kier alpha value is -3.04. The number of hydrogen-bond donors (Lipinski definition) is 1. The molecule has 0 bridgehead atoms. The summed E-state index contributed by atoms with van der Waals surface area (Å²) in [6, 6.07) is 13.2. The number of nitrogens with zero attached hydrogens (tertiary/aromatic N) is 2. The topological polar surface area (TPSA) is 41.1 Å². The molecule has 3 heterocycles. The van der Waals surface area contributed by atoms with E-state index in [0.717, 1.165) is 52.6 Å². The third kappa shape index (κ3) is 4.59. The second-order valence-electron chi connectivity index (χ2n) is 9.70. The fourth-order valence-corrected chi connectivity index (χ4v) is 6.82. The summed E-state index contributed by atoms with van der Waals surface area (Å²) in [5.74, 6) is -2.33. The molecule has 2 aliphatic heterocycles. The molecule has 1 fully saturated rings. The molecule has 1 saturated heterocycles. The third-order valence-electron chi connectivity index (χ3n) is 7.36. The summed E-state index contributed by atoms with van der Waals surface area (Å²) in [7, 11) is 0. The van der Waals surface area contributed by atoms with Gasteiger partial charge in [0.1, 0.15) is 18.2 Å². The number of benzene rings is 3. The molecular weight excluding hydrogens is 502 g/mol. The Morgan fingerprint density at radius 3 is 2.54 bits per heavy atom. The number of H-pyrrole nitrogens is 1. The smallest absolute Gasteiger partial charge is 0.161 e. The van der Waals surface area contributed by atoms with E-state index in [1.165, 1.54) is 0 Å². The highest BCUT2D eigenvalue weighted by Gasteiger charge is 2.35. The Labute approximate surface area is 216 Å². The molecule has 0 spiro atoms. The fraction of sp³-hybridized carbons (Fsp3) is 0.321. The number of aromatic nitrogens is 2. The lowest BCUT2D eigenvalue weighted by Crippen LogP contribution is -2.49. The predicted molar refractivity (Wildman–Crippen MR) is 136 cm³/mol. The molecule has 0 unspecified atom stereocenters. The van der Waals surface area contributed by atoms with Gasteiger partial charge in [-0.05, 0) is 41.0 Å². The van der Waals surface area contributed by atoms with Crippen molar-refractivity contribution >= 4 is 22.7 Å². The van der Waals surface area contributed by atoms with Gasteiger partial charge in [0.15, 0.2) is 11.6 Å². The summed E-state index contributed by atoms with van der Waals surface area (Å²) in [5, 5.41) is 8.13. The van der Waals surface area contributed by atoms with Crippen LogP contribution >= 0.6 is 11.8 Å². The van der Waals surface area contributed by atoms with Crippen molar-refractivity contribution < 1.29 is 22.3 Å². The number of ether oxygens (including phenoxy) is 1. The fourth-order valence-electron chi connectivity index (χ4n) is 5.42. The maximum absolute atomic E-state index is 15.0. The number of likely N-dealkylation sites (tertiary alicyclic amines) is 1. The van der Waals surface area contributed by atoms with Gasteiger partial charge in [-0.1, -0.05) is 18.2 Å². The van der Waals surface area contributed by atoms with Gasteiger partial charge < -0.3 is 4.74 Å². The van der Waals surface area contributed by atoms with Crippen LogP contribution in [0.5, 0.6) is 5.75 Å². The van der Waals surface area contributed by atoms with Crippen molar-refractivity contribution in [2.75, 3.05) is 38.7 Å². The van der Waals surface area contributed by atoms with Crippen LogP contribution < -0.4 is 4.74 Å². The summed E-state index contributed by atoms with van der Waals surface area (Å²) in [6.07, 6.45) is 1.78. The first-order valence-corrected chi connectivity index (χ1v) is 13.2. The van der Waals surface area contributed by atoms with Crippen LogP contribution in [-0.2, 0) is 0 Å². The van der Waals surface area contributed by atoms with Crippen molar-refractivity contribution in [2.45, 2.75) is 16.7 Å². The number of alkyl halides is 1. The van der Waals surface area contributed by atoms with E-state index in [1.54, 1.807) is 18.0 Å². The first-order chi connectivity index (χ1) is 18.0. The molecule has 0 amide bonds. The first kappa shape index (κ1) is 24.3. The van der Waals surface area contributed by atoms with E-state index < -0.39 is 23.4 Å². The highest BCUT2D eigenvalue weighted by molar-refractivity contribution is 7.99. The molecule has 0 aliphatic carbocycles. The summed E-state index contributed by atoms with van der Waals surface area (Å²) >= 11 is 1.57. The summed E-state index contributed by atoms with van der Waals surface area (Å²) in [5.41, 5.74) is 3.00. The zero-order valence-corrected chi connectivity index (χ0v) is 20.7. The third-order valence-corrected chi connectivity index (χ3v) is 8.63. The van der Waals surface area contributed by atoms with Crippen LogP contribution in [0.3, 0.4) is 0 Å². The molecule has 0 saturated carbocycles. The standard InChI is InChI=1S/C28H25F4N3OS/c29-11-16-13-35(14-16)7-8-36-18-3-1-17(2-4-18)27-19-5-6-26-21(12-33-34-26)28(19)37-15-22(27)20-9-24(31)25(32)10-23(20)30/h1-6,9-10,12,16,22,27H,7-8,11,13-15H2,(H,33,34)/t22-,27-/m0/s1. The molecule has 37 heavy (non-hydrogen) atoms. The average Bonchev–Trinajstić information content (AvgIpc) is 3.37. The number of thioether (sulfide) groups is 1. The van der Waals surface area contributed by atoms with Crippen LogP contribution in [0.15, 0.2) is 59.6 Å². The molecule has 0 radical (unpaired) electrons. The van der Waals surface area contributed by atoms with Crippen molar-refractivity contribution in [1.82, 2.24) is 15.1 Å². The van der Waals surface area contributed by atoms with E-state index in [2.05, 4.69) is 15.1 Å². The van der Waals surface area contributed by atoms with Gasteiger partial charge in [-0.15, -0.1) is 11.8 Å².